The van der Waals surface area contributed by atoms with Crippen molar-refractivity contribution in [2.45, 2.75) is 18.9 Å². The third-order valence-electron chi connectivity index (χ3n) is 3.34. The predicted octanol–water partition coefficient (Wildman–Crippen LogP) is -1.48. The number of amides is 1. The van der Waals surface area contributed by atoms with Crippen LogP contribution in [0.3, 0.4) is 0 Å². The Kier molecular flexibility index (Phi) is 5.14. The van der Waals surface area contributed by atoms with Crippen molar-refractivity contribution in [2.75, 3.05) is 45.1 Å². The van der Waals surface area contributed by atoms with Crippen LogP contribution < -0.4 is 10.0 Å². The second-order valence-corrected chi connectivity index (χ2v) is 6.72. The monoisotopic (exact) mass is 291 g/mol. The molecule has 2 aliphatic rings. The summed E-state index contributed by atoms with van der Waals surface area (Å²) in [7, 11) is -3.44. The van der Waals surface area contributed by atoms with E-state index in [1.54, 1.807) is 4.90 Å². The van der Waals surface area contributed by atoms with Crippen molar-refractivity contribution < 1.29 is 17.9 Å². The molecule has 0 aromatic heterocycles. The van der Waals surface area contributed by atoms with Crippen molar-refractivity contribution >= 4 is 15.9 Å². The first-order valence-corrected chi connectivity index (χ1v) is 8.29. The van der Waals surface area contributed by atoms with Crippen LogP contribution in [0.25, 0.3) is 0 Å². The van der Waals surface area contributed by atoms with Crippen LogP contribution in [-0.4, -0.2) is 70.4 Å². The van der Waals surface area contributed by atoms with E-state index < -0.39 is 10.0 Å². The number of sulfonamides is 1. The summed E-state index contributed by atoms with van der Waals surface area (Å²) in [5, 5.41) is 3.14. The fourth-order valence-electron chi connectivity index (χ4n) is 2.28. The molecule has 0 spiro atoms. The van der Waals surface area contributed by atoms with Crippen LogP contribution in [0.15, 0.2) is 0 Å². The Labute approximate surface area is 113 Å². The van der Waals surface area contributed by atoms with Crippen LogP contribution in [0.4, 0.5) is 0 Å². The third-order valence-corrected chi connectivity index (χ3v) is 4.74. The molecule has 0 saturated carbocycles. The Bertz CT molecular complexity index is 400. The third kappa shape index (κ3) is 4.72. The molecule has 0 aromatic carbocycles. The van der Waals surface area contributed by atoms with Gasteiger partial charge in [-0.05, 0) is 12.8 Å². The molecule has 0 bridgehead atoms. The van der Waals surface area contributed by atoms with Gasteiger partial charge in [0, 0.05) is 32.8 Å². The zero-order chi connectivity index (χ0) is 13.7. The summed E-state index contributed by atoms with van der Waals surface area (Å²) in [6, 6.07) is 0. The minimum atomic E-state index is -3.44. The molecule has 2 aliphatic heterocycles. The molecular formula is C11H21N3O4S. The first-order chi connectivity index (χ1) is 9.07. The maximum absolute atomic E-state index is 11.8. The molecule has 1 amide bonds. The summed E-state index contributed by atoms with van der Waals surface area (Å²) in [5.41, 5.74) is 0. The van der Waals surface area contributed by atoms with Crippen LogP contribution in [0.1, 0.15) is 12.8 Å². The molecule has 0 aromatic rings. The van der Waals surface area contributed by atoms with Crippen LogP contribution in [-0.2, 0) is 19.6 Å². The highest BCUT2D eigenvalue weighted by atomic mass is 32.2. The number of nitrogens with one attached hydrogen (secondary N) is 2. The number of nitrogens with zero attached hydrogens (tertiary/aromatic N) is 1. The minimum absolute atomic E-state index is 0.0537. The van der Waals surface area contributed by atoms with Crippen LogP contribution >= 0.6 is 0 Å². The van der Waals surface area contributed by atoms with E-state index in [1.165, 1.54) is 0 Å². The molecule has 1 atom stereocenters. The zero-order valence-corrected chi connectivity index (χ0v) is 11.7. The molecule has 8 heteroatoms. The Hall–Kier alpha value is -0.700. The summed E-state index contributed by atoms with van der Waals surface area (Å²) in [5.74, 6) is -0.223. The van der Waals surface area contributed by atoms with E-state index in [1.807, 2.05) is 0 Å². The van der Waals surface area contributed by atoms with E-state index in [0.717, 1.165) is 25.9 Å². The van der Waals surface area contributed by atoms with E-state index in [9.17, 15) is 13.2 Å². The van der Waals surface area contributed by atoms with Gasteiger partial charge >= 0.3 is 0 Å². The Balaban J connectivity index is 1.74. The van der Waals surface area contributed by atoms with E-state index >= 15 is 0 Å². The van der Waals surface area contributed by atoms with Gasteiger partial charge in [-0.1, -0.05) is 0 Å². The van der Waals surface area contributed by atoms with Crippen molar-refractivity contribution in [1.29, 1.82) is 0 Å². The molecule has 7 nitrogen and oxygen atoms in total. The number of carbonyl (C=O) groups excluding carboxylic acids is 1. The van der Waals surface area contributed by atoms with Crippen molar-refractivity contribution in [1.82, 2.24) is 14.9 Å². The lowest BCUT2D eigenvalue weighted by Crippen LogP contribution is -2.49. The Morgan fingerprint density at radius 2 is 2.11 bits per heavy atom. The molecule has 2 rings (SSSR count). The van der Waals surface area contributed by atoms with Crippen molar-refractivity contribution in [3.05, 3.63) is 0 Å². The fourth-order valence-corrected chi connectivity index (χ4v) is 3.49. The molecule has 19 heavy (non-hydrogen) atoms. The number of carbonyl (C=O) groups is 1. The summed E-state index contributed by atoms with van der Waals surface area (Å²) < 4.78 is 31.3. The van der Waals surface area contributed by atoms with Crippen LogP contribution in [0.5, 0.6) is 0 Å². The minimum Gasteiger partial charge on any atom is -0.377 e. The summed E-state index contributed by atoms with van der Waals surface area (Å²) in [6.45, 7) is 3.25. The smallest absolute Gasteiger partial charge is 0.237 e. The lowest BCUT2D eigenvalue weighted by molar-refractivity contribution is -0.130. The van der Waals surface area contributed by atoms with Gasteiger partial charge in [-0.25, -0.2) is 13.1 Å². The van der Waals surface area contributed by atoms with Gasteiger partial charge < -0.3 is 15.0 Å². The van der Waals surface area contributed by atoms with E-state index in [2.05, 4.69) is 10.0 Å². The molecule has 0 aliphatic carbocycles. The summed E-state index contributed by atoms with van der Waals surface area (Å²) >= 11 is 0. The van der Waals surface area contributed by atoms with Gasteiger partial charge in [0.15, 0.2) is 0 Å². The van der Waals surface area contributed by atoms with Gasteiger partial charge in [0.2, 0.25) is 15.9 Å². The quantitative estimate of drug-likeness (QED) is 0.645. The first-order valence-electron chi connectivity index (χ1n) is 6.64. The van der Waals surface area contributed by atoms with Crippen molar-refractivity contribution in [2.24, 2.45) is 0 Å². The maximum atomic E-state index is 11.8. The summed E-state index contributed by atoms with van der Waals surface area (Å²) in [6.07, 6.45) is 1.44. The normalized spacial score (nSPS) is 24.6. The highest BCUT2D eigenvalue weighted by Crippen LogP contribution is 2.13. The predicted molar refractivity (Wildman–Crippen MR) is 70.2 cm³/mol. The Morgan fingerprint density at radius 3 is 2.74 bits per heavy atom. The lowest BCUT2D eigenvalue weighted by atomic mass is 10.3. The molecular weight excluding hydrogens is 270 g/mol. The molecule has 0 radical (unpaired) electrons. The highest BCUT2D eigenvalue weighted by Gasteiger charge is 2.24. The van der Waals surface area contributed by atoms with Gasteiger partial charge in [0.05, 0.1) is 18.4 Å². The van der Waals surface area contributed by atoms with Crippen molar-refractivity contribution in [3.63, 3.8) is 0 Å². The Morgan fingerprint density at radius 1 is 1.37 bits per heavy atom. The molecule has 110 valence electrons. The topological polar surface area (TPSA) is 87.7 Å². The molecule has 2 fully saturated rings. The van der Waals surface area contributed by atoms with E-state index in [0.29, 0.717) is 19.7 Å². The number of hydrogen-bond donors (Lipinski definition) is 2. The maximum Gasteiger partial charge on any atom is 0.237 e. The molecule has 1 unspecified atom stereocenters. The average molecular weight is 291 g/mol. The van der Waals surface area contributed by atoms with Crippen molar-refractivity contribution in [3.8, 4) is 0 Å². The summed E-state index contributed by atoms with van der Waals surface area (Å²) in [4.78, 5) is 13.5. The SMILES string of the molecule is O=C(CNS(=O)(=O)CC1CCCO1)N1CCNCC1. The van der Waals surface area contributed by atoms with E-state index in [4.69, 9.17) is 4.74 Å². The van der Waals surface area contributed by atoms with Gasteiger partial charge in [-0.15, -0.1) is 0 Å². The average Bonchev–Trinajstić information content (AvgIpc) is 2.89. The van der Waals surface area contributed by atoms with Gasteiger partial charge in [-0.2, -0.15) is 0 Å². The van der Waals surface area contributed by atoms with Gasteiger partial charge in [0.1, 0.15) is 0 Å². The number of ether oxygens (including phenoxy) is 1. The van der Waals surface area contributed by atoms with Gasteiger partial charge in [-0.3, -0.25) is 4.79 Å². The molecule has 2 N–H and O–H groups in total. The number of hydrogen-bond acceptors (Lipinski definition) is 5. The highest BCUT2D eigenvalue weighted by molar-refractivity contribution is 7.89. The molecule has 2 heterocycles. The number of rotatable bonds is 5. The molecule has 2 saturated heterocycles. The van der Waals surface area contributed by atoms with E-state index in [-0.39, 0.29) is 24.3 Å². The van der Waals surface area contributed by atoms with Crippen LogP contribution in [0.2, 0.25) is 0 Å². The second-order valence-electron chi connectivity index (χ2n) is 4.87. The lowest BCUT2D eigenvalue weighted by Gasteiger charge is -2.27. The number of piperazine rings is 1. The first kappa shape index (κ1) is 14.7. The fraction of sp³-hybridized carbons (Fsp3) is 0.909. The largest absolute Gasteiger partial charge is 0.377 e. The van der Waals surface area contributed by atoms with Gasteiger partial charge in [0.25, 0.3) is 0 Å². The standard InChI is InChI=1S/C11H21N3O4S/c15-11(14-5-3-12-4-6-14)8-13-19(16,17)9-10-2-1-7-18-10/h10,12-13H,1-9H2. The zero-order valence-electron chi connectivity index (χ0n) is 10.9. The second kappa shape index (κ2) is 6.65. The van der Waals surface area contributed by atoms with Crippen LogP contribution in [0, 0.1) is 0 Å².